The van der Waals surface area contributed by atoms with Gasteiger partial charge >= 0.3 is 0 Å². The summed E-state index contributed by atoms with van der Waals surface area (Å²) in [6.45, 7) is 11.6. The maximum atomic E-state index is 5.21. The zero-order chi connectivity index (χ0) is 18.8. The second kappa shape index (κ2) is 7.23. The van der Waals surface area contributed by atoms with Gasteiger partial charge < -0.3 is 20.1 Å². The zero-order valence-corrected chi connectivity index (χ0v) is 16.4. The van der Waals surface area contributed by atoms with E-state index in [9.17, 15) is 0 Å². The van der Waals surface area contributed by atoms with Gasteiger partial charge in [-0.15, -0.1) is 0 Å². The van der Waals surface area contributed by atoms with Crippen LogP contribution >= 0.6 is 0 Å². The molecular formula is C20H27N5O. The minimum atomic E-state index is 0.630. The first-order chi connectivity index (χ1) is 12.4. The van der Waals surface area contributed by atoms with Crippen LogP contribution in [-0.2, 0) is 13.1 Å². The number of fused-ring (bicyclic) bond motifs is 1. The Hall–Kier alpha value is -2.76. The highest BCUT2D eigenvalue weighted by atomic mass is 16.5. The van der Waals surface area contributed by atoms with Crippen molar-refractivity contribution in [3.8, 4) is 0 Å². The van der Waals surface area contributed by atoms with Crippen LogP contribution in [0.1, 0.15) is 39.4 Å². The molecule has 0 saturated heterocycles. The molecular weight excluding hydrogens is 326 g/mol. The molecule has 0 amide bonds. The Kier molecular flexibility index (Phi) is 5.02. The van der Waals surface area contributed by atoms with E-state index in [1.165, 1.54) is 33.3 Å². The minimum absolute atomic E-state index is 0.630. The molecule has 3 aromatic rings. The van der Waals surface area contributed by atoms with Gasteiger partial charge in [-0.2, -0.15) is 0 Å². The van der Waals surface area contributed by atoms with Gasteiger partial charge in [-0.1, -0.05) is 16.8 Å². The van der Waals surface area contributed by atoms with Crippen LogP contribution in [-0.4, -0.2) is 23.1 Å². The summed E-state index contributed by atoms with van der Waals surface area (Å²) in [6, 6.07) is 4.45. The first kappa shape index (κ1) is 18.0. The van der Waals surface area contributed by atoms with Gasteiger partial charge in [0.15, 0.2) is 5.96 Å². The third-order valence-corrected chi connectivity index (χ3v) is 4.93. The fourth-order valence-electron chi connectivity index (χ4n) is 3.25. The van der Waals surface area contributed by atoms with E-state index in [0.29, 0.717) is 13.1 Å². The summed E-state index contributed by atoms with van der Waals surface area (Å²) < 4.78 is 5.21. The largest absolute Gasteiger partial charge is 0.361 e. The van der Waals surface area contributed by atoms with Gasteiger partial charge in [-0.3, -0.25) is 4.99 Å². The van der Waals surface area contributed by atoms with Gasteiger partial charge in [-0.25, -0.2) is 0 Å². The lowest BCUT2D eigenvalue weighted by Crippen LogP contribution is -2.36. The number of aromatic nitrogens is 2. The lowest BCUT2D eigenvalue weighted by Gasteiger charge is -2.13. The van der Waals surface area contributed by atoms with Gasteiger partial charge in [0.05, 0.1) is 11.2 Å². The van der Waals surface area contributed by atoms with Gasteiger partial charge in [-0.05, 0) is 51.8 Å². The highest BCUT2D eigenvalue weighted by Crippen LogP contribution is 2.26. The molecule has 0 radical (unpaired) electrons. The van der Waals surface area contributed by atoms with E-state index in [1.54, 1.807) is 7.05 Å². The normalized spacial score (nSPS) is 12.0. The monoisotopic (exact) mass is 353 g/mol. The second-order valence-corrected chi connectivity index (χ2v) is 6.80. The summed E-state index contributed by atoms with van der Waals surface area (Å²) in [5.74, 6) is 1.59. The van der Waals surface area contributed by atoms with Crippen LogP contribution < -0.4 is 10.6 Å². The van der Waals surface area contributed by atoms with E-state index in [4.69, 9.17) is 4.52 Å². The Bertz CT molecular complexity index is 945. The smallest absolute Gasteiger partial charge is 0.191 e. The lowest BCUT2D eigenvalue weighted by atomic mass is 10.0. The van der Waals surface area contributed by atoms with Crippen LogP contribution in [0.25, 0.3) is 10.9 Å². The maximum absolute atomic E-state index is 5.21. The van der Waals surface area contributed by atoms with Crippen molar-refractivity contribution in [2.75, 3.05) is 7.05 Å². The van der Waals surface area contributed by atoms with E-state index >= 15 is 0 Å². The fraction of sp³-hybridized carbons (Fsp3) is 0.400. The van der Waals surface area contributed by atoms with Crippen molar-refractivity contribution in [2.45, 2.75) is 47.7 Å². The van der Waals surface area contributed by atoms with Crippen molar-refractivity contribution in [1.82, 2.24) is 20.8 Å². The number of guanidine groups is 1. The first-order valence-corrected chi connectivity index (χ1v) is 8.85. The molecule has 2 aromatic heterocycles. The summed E-state index contributed by atoms with van der Waals surface area (Å²) in [4.78, 5) is 7.83. The lowest BCUT2D eigenvalue weighted by molar-refractivity contribution is 0.392. The molecule has 2 heterocycles. The molecule has 0 aliphatic rings. The van der Waals surface area contributed by atoms with Gasteiger partial charge in [0.1, 0.15) is 5.76 Å². The number of nitrogens with one attached hydrogen (secondary N) is 3. The molecule has 0 bridgehead atoms. The number of aliphatic imine (C=N–C) groups is 1. The van der Waals surface area contributed by atoms with E-state index < -0.39 is 0 Å². The van der Waals surface area contributed by atoms with Crippen LogP contribution in [0.2, 0.25) is 0 Å². The number of benzene rings is 1. The molecule has 0 spiro atoms. The Balaban J connectivity index is 1.73. The van der Waals surface area contributed by atoms with E-state index in [2.05, 4.69) is 58.7 Å². The van der Waals surface area contributed by atoms with Crippen LogP contribution in [0.3, 0.4) is 0 Å². The Morgan fingerprint density at radius 2 is 1.85 bits per heavy atom. The highest BCUT2D eigenvalue weighted by molar-refractivity contribution is 5.88. The molecule has 1 aromatic carbocycles. The summed E-state index contributed by atoms with van der Waals surface area (Å²) in [7, 11) is 1.78. The zero-order valence-electron chi connectivity index (χ0n) is 16.4. The van der Waals surface area contributed by atoms with Crippen molar-refractivity contribution in [3.63, 3.8) is 0 Å². The molecule has 0 aliphatic heterocycles. The summed E-state index contributed by atoms with van der Waals surface area (Å²) >= 11 is 0. The Labute approximate surface area is 154 Å². The maximum Gasteiger partial charge on any atom is 0.191 e. The van der Waals surface area contributed by atoms with Crippen molar-refractivity contribution in [3.05, 3.63) is 51.5 Å². The Morgan fingerprint density at radius 3 is 2.50 bits per heavy atom. The van der Waals surface area contributed by atoms with Crippen molar-refractivity contribution >= 4 is 16.9 Å². The predicted molar refractivity (Wildman–Crippen MR) is 106 cm³/mol. The SMILES string of the molecule is CN=C(NCc1c(C)noc1C)NCc1cc(C)cc2c(C)c(C)[nH]c12. The molecule has 3 rings (SSSR count). The predicted octanol–water partition coefficient (Wildman–Crippen LogP) is 3.56. The third kappa shape index (κ3) is 3.45. The molecule has 0 fully saturated rings. The quantitative estimate of drug-likeness (QED) is 0.495. The number of hydrogen-bond donors (Lipinski definition) is 3. The van der Waals surface area contributed by atoms with Crippen molar-refractivity contribution in [1.29, 1.82) is 0 Å². The molecule has 0 unspecified atom stereocenters. The highest BCUT2D eigenvalue weighted by Gasteiger charge is 2.12. The van der Waals surface area contributed by atoms with Crippen molar-refractivity contribution in [2.24, 2.45) is 4.99 Å². The van der Waals surface area contributed by atoms with E-state index in [0.717, 1.165) is 23.0 Å². The number of aryl methyl sites for hydroxylation is 5. The summed E-state index contributed by atoms with van der Waals surface area (Å²) in [5.41, 5.74) is 8.19. The molecule has 3 N–H and O–H groups in total. The van der Waals surface area contributed by atoms with Crippen LogP contribution in [0.4, 0.5) is 0 Å². The van der Waals surface area contributed by atoms with Crippen molar-refractivity contribution < 1.29 is 4.52 Å². The minimum Gasteiger partial charge on any atom is -0.361 e. The summed E-state index contributed by atoms with van der Waals surface area (Å²) in [6.07, 6.45) is 0. The molecule has 0 aliphatic carbocycles. The van der Waals surface area contributed by atoms with E-state index in [1.807, 2.05) is 13.8 Å². The fourth-order valence-corrected chi connectivity index (χ4v) is 3.25. The van der Waals surface area contributed by atoms with Crippen LogP contribution in [0.15, 0.2) is 21.6 Å². The average Bonchev–Trinajstić information content (AvgIpc) is 3.08. The number of rotatable bonds is 4. The Morgan fingerprint density at radius 1 is 1.12 bits per heavy atom. The first-order valence-electron chi connectivity index (χ1n) is 8.85. The van der Waals surface area contributed by atoms with Gasteiger partial charge in [0.25, 0.3) is 0 Å². The van der Waals surface area contributed by atoms with Gasteiger partial charge in [0, 0.05) is 36.8 Å². The summed E-state index contributed by atoms with van der Waals surface area (Å²) in [5, 5.41) is 12.0. The average molecular weight is 353 g/mol. The molecule has 0 saturated carbocycles. The molecule has 138 valence electrons. The van der Waals surface area contributed by atoms with Crippen LogP contribution in [0, 0.1) is 34.6 Å². The number of H-pyrrole nitrogens is 1. The molecule has 6 nitrogen and oxygen atoms in total. The number of aromatic amines is 1. The molecule has 6 heteroatoms. The third-order valence-electron chi connectivity index (χ3n) is 4.93. The standard InChI is InChI=1S/C20H27N5O/c1-11-7-16(19-17(8-11)12(2)13(3)24-19)9-22-20(21-6)23-10-18-14(4)25-26-15(18)5/h7-8,24H,9-10H2,1-6H3,(H2,21,22,23). The van der Waals surface area contributed by atoms with Gasteiger partial charge in [0.2, 0.25) is 0 Å². The topological polar surface area (TPSA) is 78.2 Å². The molecule has 26 heavy (non-hydrogen) atoms. The second-order valence-electron chi connectivity index (χ2n) is 6.80. The number of hydrogen-bond acceptors (Lipinski definition) is 3. The number of nitrogens with zero attached hydrogens (tertiary/aromatic N) is 2. The molecule has 0 atom stereocenters. The van der Waals surface area contributed by atoms with E-state index in [-0.39, 0.29) is 0 Å². The van der Waals surface area contributed by atoms with Crippen LogP contribution in [0.5, 0.6) is 0 Å².